The first-order valence-electron chi connectivity index (χ1n) is 6.83. The van der Waals surface area contributed by atoms with Crippen molar-refractivity contribution in [2.75, 3.05) is 13.3 Å². The highest BCUT2D eigenvalue weighted by Gasteiger charge is 2.13. The van der Waals surface area contributed by atoms with Gasteiger partial charge < -0.3 is 25.8 Å². The molecule has 1 aliphatic heterocycles. The molecule has 1 heterocycles. The molecule has 21 heavy (non-hydrogen) atoms. The number of ether oxygens (including phenoxy) is 2. The first-order chi connectivity index (χ1) is 10.1. The van der Waals surface area contributed by atoms with Gasteiger partial charge in [-0.1, -0.05) is 6.07 Å². The molecule has 3 amide bonds. The van der Waals surface area contributed by atoms with Gasteiger partial charge in [0.1, 0.15) is 0 Å². The maximum absolute atomic E-state index is 11.7. The Hall–Kier alpha value is -2.44. The van der Waals surface area contributed by atoms with E-state index in [2.05, 4.69) is 10.6 Å². The van der Waals surface area contributed by atoms with E-state index in [1.54, 1.807) is 0 Å². The zero-order chi connectivity index (χ0) is 15.1. The van der Waals surface area contributed by atoms with Crippen molar-refractivity contribution in [3.8, 4) is 11.5 Å². The minimum atomic E-state index is -0.540. The van der Waals surface area contributed by atoms with Crippen LogP contribution in [0, 0.1) is 0 Å². The lowest BCUT2D eigenvalue weighted by Crippen LogP contribution is -2.30. The summed E-state index contributed by atoms with van der Waals surface area (Å²) in [6.45, 7) is 1.18. The number of nitrogens with one attached hydrogen (secondary N) is 2. The predicted molar refractivity (Wildman–Crippen MR) is 75.8 cm³/mol. The van der Waals surface area contributed by atoms with Crippen LogP contribution in [-0.2, 0) is 11.3 Å². The molecular formula is C14H19N3O4. The van der Waals surface area contributed by atoms with Crippen molar-refractivity contribution in [3.63, 3.8) is 0 Å². The highest BCUT2D eigenvalue weighted by atomic mass is 16.7. The number of urea groups is 1. The maximum atomic E-state index is 11.7. The third kappa shape index (κ3) is 4.87. The molecule has 7 heteroatoms. The number of carbonyl (C=O) groups excluding carboxylic acids is 2. The van der Waals surface area contributed by atoms with Crippen molar-refractivity contribution in [2.24, 2.45) is 5.73 Å². The van der Waals surface area contributed by atoms with Crippen LogP contribution in [0.5, 0.6) is 11.5 Å². The second-order valence-electron chi connectivity index (χ2n) is 4.71. The normalized spacial score (nSPS) is 12.0. The Balaban J connectivity index is 1.63. The third-order valence-electron chi connectivity index (χ3n) is 3.06. The zero-order valence-corrected chi connectivity index (χ0v) is 11.7. The molecule has 2 rings (SSSR count). The molecule has 0 aliphatic carbocycles. The fourth-order valence-electron chi connectivity index (χ4n) is 1.96. The summed E-state index contributed by atoms with van der Waals surface area (Å²) in [5, 5.41) is 5.32. The Labute approximate surface area is 122 Å². The molecule has 0 fully saturated rings. The number of rotatable bonds is 7. The summed E-state index contributed by atoms with van der Waals surface area (Å²) in [6, 6.07) is 5.05. The van der Waals surface area contributed by atoms with Gasteiger partial charge in [0.15, 0.2) is 11.5 Å². The molecule has 0 aromatic heterocycles. The summed E-state index contributed by atoms with van der Waals surface area (Å²) in [4.78, 5) is 22.1. The molecule has 0 saturated heterocycles. The first-order valence-corrected chi connectivity index (χ1v) is 6.83. The van der Waals surface area contributed by atoms with E-state index in [1.165, 1.54) is 0 Å². The van der Waals surface area contributed by atoms with E-state index in [-0.39, 0.29) is 12.7 Å². The molecule has 0 unspecified atom stereocenters. The van der Waals surface area contributed by atoms with Crippen LogP contribution in [0.2, 0.25) is 0 Å². The van der Waals surface area contributed by atoms with Crippen molar-refractivity contribution in [2.45, 2.75) is 25.8 Å². The van der Waals surface area contributed by atoms with Gasteiger partial charge in [0.25, 0.3) is 0 Å². The van der Waals surface area contributed by atoms with E-state index in [0.717, 1.165) is 17.7 Å². The van der Waals surface area contributed by atoms with Gasteiger partial charge in [0.05, 0.1) is 0 Å². The summed E-state index contributed by atoms with van der Waals surface area (Å²) < 4.78 is 10.5. The Morgan fingerprint density at radius 3 is 2.76 bits per heavy atom. The smallest absolute Gasteiger partial charge is 0.312 e. The van der Waals surface area contributed by atoms with E-state index in [4.69, 9.17) is 15.2 Å². The molecule has 0 radical (unpaired) electrons. The van der Waals surface area contributed by atoms with Gasteiger partial charge in [-0.15, -0.1) is 0 Å². The van der Waals surface area contributed by atoms with E-state index in [1.807, 2.05) is 18.2 Å². The van der Waals surface area contributed by atoms with Crippen LogP contribution in [0.3, 0.4) is 0 Å². The predicted octanol–water partition coefficient (Wildman–Crippen LogP) is 0.870. The number of benzene rings is 1. The van der Waals surface area contributed by atoms with Crippen LogP contribution in [-0.4, -0.2) is 25.3 Å². The number of unbranched alkanes of at least 4 members (excludes halogenated alkanes) is 1. The lowest BCUT2D eigenvalue weighted by Gasteiger charge is -2.06. The lowest BCUT2D eigenvalue weighted by atomic mass is 10.2. The van der Waals surface area contributed by atoms with Gasteiger partial charge in [-0.3, -0.25) is 4.79 Å². The highest BCUT2D eigenvalue weighted by molar-refractivity contribution is 5.75. The summed E-state index contributed by atoms with van der Waals surface area (Å²) in [5.74, 6) is 1.41. The number of hydrogen-bond acceptors (Lipinski definition) is 4. The minimum absolute atomic E-state index is 0.0215. The van der Waals surface area contributed by atoms with Gasteiger partial charge in [-0.25, -0.2) is 4.79 Å². The van der Waals surface area contributed by atoms with Crippen LogP contribution >= 0.6 is 0 Å². The second-order valence-corrected chi connectivity index (χ2v) is 4.71. The fraction of sp³-hybridized carbons (Fsp3) is 0.429. The molecule has 1 aliphatic rings. The number of primary amides is 1. The monoisotopic (exact) mass is 293 g/mol. The first kappa shape index (κ1) is 15.0. The summed E-state index contributed by atoms with van der Waals surface area (Å²) in [5.41, 5.74) is 5.90. The third-order valence-corrected chi connectivity index (χ3v) is 3.06. The van der Waals surface area contributed by atoms with Crippen molar-refractivity contribution in [1.82, 2.24) is 10.6 Å². The molecule has 1 aromatic carbocycles. The maximum Gasteiger partial charge on any atom is 0.312 e. The van der Waals surface area contributed by atoms with E-state index in [9.17, 15) is 9.59 Å². The molecule has 0 atom stereocenters. The number of carbonyl (C=O) groups is 2. The quantitative estimate of drug-likeness (QED) is 0.649. The molecule has 7 nitrogen and oxygen atoms in total. The van der Waals surface area contributed by atoms with Crippen LogP contribution in [0.1, 0.15) is 24.8 Å². The Morgan fingerprint density at radius 2 is 1.95 bits per heavy atom. The average Bonchev–Trinajstić information content (AvgIpc) is 2.92. The fourth-order valence-corrected chi connectivity index (χ4v) is 1.96. The summed E-state index contributed by atoms with van der Waals surface area (Å²) in [6.07, 6.45) is 1.85. The summed E-state index contributed by atoms with van der Waals surface area (Å²) in [7, 11) is 0. The van der Waals surface area contributed by atoms with Crippen LogP contribution in [0.15, 0.2) is 18.2 Å². The topological polar surface area (TPSA) is 103 Å². The van der Waals surface area contributed by atoms with Gasteiger partial charge in [-0.05, 0) is 30.5 Å². The van der Waals surface area contributed by atoms with Crippen LogP contribution < -0.4 is 25.8 Å². The van der Waals surface area contributed by atoms with Crippen LogP contribution in [0.4, 0.5) is 4.79 Å². The molecule has 0 bridgehead atoms. The number of nitrogens with two attached hydrogens (primary N) is 1. The van der Waals surface area contributed by atoms with Gasteiger partial charge >= 0.3 is 6.03 Å². The van der Waals surface area contributed by atoms with Crippen molar-refractivity contribution >= 4 is 11.9 Å². The van der Waals surface area contributed by atoms with E-state index < -0.39 is 6.03 Å². The molecule has 0 saturated carbocycles. The van der Waals surface area contributed by atoms with E-state index in [0.29, 0.717) is 31.7 Å². The standard InChI is InChI=1S/C14H19N3O4/c15-14(19)16-6-2-1-3-13(18)17-8-10-4-5-11-12(7-10)21-9-20-11/h4-5,7H,1-3,6,8-9H2,(H,17,18)(H3,15,16,19). The summed E-state index contributed by atoms with van der Waals surface area (Å²) >= 11 is 0. The zero-order valence-electron chi connectivity index (χ0n) is 11.7. The molecular weight excluding hydrogens is 274 g/mol. The molecule has 114 valence electrons. The largest absolute Gasteiger partial charge is 0.454 e. The average molecular weight is 293 g/mol. The molecule has 0 spiro atoms. The number of fused-ring (bicyclic) bond motifs is 1. The number of amides is 3. The Kier molecular flexibility index (Phi) is 5.25. The molecule has 4 N–H and O–H groups in total. The second kappa shape index (κ2) is 7.37. The minimum Gasteiger partial charge on any atom is -0.454 e. The van der Waals surface area contributed by atoms with Crippen molar-refractivity contribution < 1.29 is 19.1 Å². The van der Waals surface area contributed by atoms with Crippen molar-refractivity contribution in [1.29, 1.82) is 0 Å². The SMILES string of the molecule is NC(=O)NCCCCC(=O)NCc1ccc2c(c1)OCO2. The van der Waals surface area contributed by atoms with Gasteiger partial charge in [-0.2, -0.15) is 0 Å². The highest BCUT2D eigenvalue weighted by Crippen LogP contribution is 2.32. The van der Waals surface area contributed by atoms with Crippen LogP contribution in [0.25, 0.3) is 0 Å². The Morgan fingerprint density at radius 1 is 1.14 bits per heavy atom. The molecule has 1 aromatic rings. The van der Waals surface area contributed by atoms with E-state index >= 15 is 0 Å². The number of hydrogen-bond donors (Lipinski definition) is 3. The van der Waals surface area contributed by atoms with Crippen molar-refractivity contribution in [3.05, 3.63) is 23.8 Å². The van der Waals surface area contributed by atoms with Gasteiger partial charge in [0.2, 0.25) is 12.7 Å². The Bertz CT molecular complexity index is 519. The lowest BCUT2D eigenvalue weighted by molar-refractivity contribution is -0.121. The van der Waals surface area contributed by atoms with Gasteiger partial charge in [0, 0.05) is 19.5 Å².